The SMILES string of the molecule is CC1(C)C(=O)CNc2c1cc(-c1ccnc3ncccc13)c1c2CCC1. The number of anilines is 1. The number of carbonyl (C=O) groups excluding carboxylic acids is 1. The molecule has 0 atom stereocenters. The van der Waals surface area contributed by atoms with Crippen molar-refractivity contribution in [2.24, 2.45) is 0 Å². The van der Waals surface area contributed by atoms with Crippen molar-refractivity contribution >= 4 is 22.5 Å². The summed E-state index contributed by atoms with van der Waals surface area (Å²) in [7, 11) is 0. The molecule has 130 valence electrons. The average molecular weight is 343 g/mol. The molecule has 3 heterocycles. The maximum absolute atomic E-state index is 12.6. The standard InChI is InChI=1S/C22H21N3O/c1-22(2)18-11-17(14-8-10-24-21-16(14)7-4-9-23-21)13-5-3-6-15(13)20(18)25-12-19(22)26/h4,7-11,25H,3,5-6,12H2,1-2H3. The number of hydrogen-bond donors (Lipinski definition) is 1. The van der Waals surface area contributed by atoms with Crippen LogP contribution in [0, 0.1) is 0 Å². The highest BCUT2D eigenvalue weighted by Gasteiger charge is 2.38. The maximum atomic E-state index is 12.6. The summed E-state index contributed by atoms with van der Waals surface area (Å²) in [5.74, 6) is 0.246. The highest BCUT2D eigenvalue weighted by atomic mass is 16.1. The van der Waals surface area contributed by atoms with Crippen LogP contribution in [0.2, 0.25) is 0 Å². The van der Waals surface area contributed by atoms with Crippen LogP contribution in [0.25, 0.3) is 22.2 Å². The van der Waals surface area contributed by atoms with Gasteiger partial charge in [-0.3, -0.25) is 4.79 Å². The fourth-order valence-corrected chi connectivity index (χ4v) is 4.48. The van der Waals surface area contributed by atoms with E-state index in [1.165, 1.54) is 22.4 Å². The van der Waals surface area contributed by atoms with E-state index >= 15 is 0 Å². The summed E-state index contributed by atoms with van der Waals surface area (Å²) in [4.78, 5) is 21.4. The molecule has 2 aromatic heterocycles. The number of rotatable bonds is 1. The van der Waals surface area contributed by atoms with E-state index in [1.807, 2.05) is 26.1 Å². The number of nitrogens with one attached hydrogen (secondary N) is 1. The first kappa shape index (κ1) is 15.5. The number of fused-ring (bicyclic) bond motifs is 4. The Morgan fingerprint density at radius 3 is 2.73 bits per heavy atom. The van der Waals surface area contributed by atoms with Crippen molar-refractivity contribution in [2.45, 2.75) is 38.5 Å². The number of hydrogen-bond acceptors (Lipinski definition) is 4. The minimum atomic E-state index is -0.464. The maximum Gasteiger partial charge on any atom is 0.161 e. The lowest BCUT2D eigenvalue weighted by atomic mass is 9.74. The highest BCUT2D eigenvalue weighted by molar-refractivity contribution is 6.00. The fourth-order valence-electron chi connectivity index (χ4n) is 4.48. The molecule has 1 N–H and O–H groups in total. The van der Waals surface area contributed by atoms with E-state index in [4.69, 9.17) is 0 Å². The quantitative estimate of drug-likeness (QED) is 0.724. The molecule has 0 unspecified atom stereocenters. The van der Waals surface area contributed by atoms with Gasteiger partial charge in [-0.15, -0.1) is 0 Å². The van der Waals surface area contributed by atoms with E-state index < -0.39 is 5.41 Å². The summed E-state index contributed by atoms with van der Waals surface area (Å²) in [5.41, 5.74) is 7.83. The second-order valence-electron chi connectivity index (χ2n) is 7.79. The lowest BCUT2D eigenvalue weighted by Gasteiger charge is -2.34. The van der Waals surface area contributed by atoms with Crippen molar-refractivity contribution in [1.29, 1.82) is 0 Å². The number of carbonyl (C=O) groups is 1. The zero-order valence-electron chi connectivity index (χ0n) is 15.1. The number of ketones is 1. The Balaban J connectivity index is 1.85. The fraction of sp³-hybridized carbons (Fsp3) is 0.318. The minimum absolute atomic E-state index is 0.246. The molecule has 5 rings (SSSR count). The Kier molecular flexibility index (Phi) is 3.20. The number of benzene rings is 1. The number of Topliss-reactive ketones (excluding diaryl/α,β-unsaturated/α-hetero) is 1. The molecule has 26 heavy (non-hydrogen) atoms. The summed E-state index contributed by atoms with van der Waals surface area (Å²) in [6.45, 7) is 4.52. The molecular weight excluding hydrogens is 322 g/mol. The molecule has 1 aliphatic heterocycles. The molecular formula is C22H21N3O. The predicted octanol–water partition coefficient (Wildman–Crippen LogP) is 4.06. The lowest BCUT2D eigenvalue weighted by Crippen LogP contribution is -2.39. The van der Waals surface area contributed by atoms with Crippen LogP contribution in [0.4, 0.5) is 5.69 Å². The van der Waals surface area contributed by atoms with Gasteiger partial charge in [0.25, 0.3) is 0 Å². The van der Waals surface area contributed by atoms with Gasteiger partial charge in [0.2, 0.25) is 0 Å². The topological polar surface area (TPSA) is 54.9 Å². The highest BCUT2D eigenvalue weighted by Crippen LogP contribution is 2.46. The van der Waals surface area contributed by atoms with Crippen LogP contribution in [0.1, 0.15) is 37.0 Å². The van der Waals surface area contributed by atoms with Gasteiger partial charge < -0.3 is 5.32 Å². The summed E-state index contributed by atoms with van der Waals surface area (Å²) >= 11 is 0. The first-order chi connectivity index (χ1) is 12.6. The normalized spacial score (nSPS) is 17.7. The van der Waals surface area contributed by atoms with Crippen LogP contribution in [0.3, 0.4) is 0 Å². The molecule has 1 aromatic carbocycles. The molecule has 0 bridgehead atoms. The zero-order valence-corrected chi connectivity index (χ0v) is 15.1. The van der Waals surface area contributed by atoms with Gasteiger partial charge in [-0.05, 0) is 85.2 Å². The van der Waals surface area contributed by atoms with Gasteiger partial charge in [0, 0.05) is 23.5 Å². The molecule has 0 spiro atoms. The van der Waals surface area contributed by atoms with Crippen LogP contribution < -0.4 is 5.32 Å². The summed E-state index contributed by atoms with van der Waals surface area (Å²) in [6, 6.07) is 8.36. The van der Waals surface area contributed by atoms with Crippen LogP contribution in [-0.4, -0.2) is 22.3 Å². The second kappa shape index (κ2) is 5.37. The third-order valence-corrected chi connectivity index (χ3v) is 6.00. The van der Waals surface area contributed by atoms with Crippen molar-refractivity contribution in [3.63, 3.8) is 0 Å². The summed E-state index contributed by atoms with van der Waals surface area (Å²) < 4.78 is 0. The minimum Gasteiger partial charge on any atom is -0.377 e. The molecule has 1 aliphatic carbocycles. The van der Waals surface area contributed by atoms with E-state index in [0.29, 0.717) is 6.54 Å². The van der Waals surface area contributed by atoms with E-state index in [0.717, 1.165) is 41.4 Å². The molecule has 0 saturated heterocycles. The molecule has 0 fully saturated rings. The monoisotopic (exact) mass is 343 g/mol. The molecule has 0 saturated carbocycles. The van der Waals surface area contributed by atoms with Crippen molar-refractivity contribution in [1.82, 2.24) is 9.97 Å². The molecule has 2 aliphatic rings. The lowest BCUT2D eigenvalue weighted by molar-refractivity contribution is -0.122. The van der Waals surface area contributed by atoms with Gasteiger partial charge in [-0.1, -0.05) is 0 Å². The van der Waals surface area contributed by atoms with Gasteiger partial charge in [-0.25, -0.2) is 9.97 Å². The van der Waals surface area contributed by atoms with Crippen LogP contribution >= 0.6 is 0 Å². The van der Waals surface area contributed by atoms with Gasteiger partial charge in [0.1, 0.15) is 0 Å². The second-order valence-corrected chi connectivity index (χ2v) is 7.79. The van der Waals surface area contributed by atoms with E-state index in [-0.39, 0.29) is 5.78 Å². The Bertz CT molecular complexity index is 1060. The first-order valence-electron chi connectivity index (χ1n) is 9.24. The van der Waals surface area contributed by atoms with Gasteiger partial charge in [0.05, 0.1) is 12.0 Å². The van der Waals surface area contributed by atoms with Crippen molar-refractivity contribution in [3.05, 3.63) is 53.3 Å². The predicted molar refractivity (Wildman–Crippen MR) is 104 cm³/mol. The third kappa shape index (κ3) is 2.05. The van der Waals surface area contributed by atoms with E-state index in [9.17, 15) is 4.79 Å². The Morgan fingerprint density at radius 2 is 1.85 bits per heavy atom. The largest absolute Gasteiger partial charge is 0.377 e. The Labute approximate surface area is 152 Å². The van der Waals surface area contributed by atoms with Crippen LogP contribution in [0.15, 0.2) is 36.7 Å². The zero-order chi connectivity index (χ0) is 17.9. The molecule has 4 heteroatoms. The Morgan fingerprint density at radius 1 is 1.04 bits per heavy atom. The molecule has 0 radical (unpaired) electrons. The van der Waals surface area contributed by atoms with Gasteiger partial charge in [-0.2, -0.15) is 0 Å². The average Bonchev–Trinajstić information content (AvgIpc) is 3.14. The van der Waals surface area contributed by atoms with E-state index in [2.05, 4.69) is 33.5 Å². The number of nitrogens with zero attached hydrogens (tertiary/aromatic N) is 2. The van der Waals surface area contributed by atoms with Crippen molar-refractivity contribution in [3.8, 4) is 11.1 Å². The van der Waals surface area contributed by atoms with Crippen LogP contribution in [0.5, 0.6) is 0 Å². The molecule has 4 nitrogen and oxygen atoms in total. The van der Waals surface area contributed by atoms with Gasteiger partial charge >= 0.3 is 0 Å². The summed E-state index contributed by atoms with van der Waals surface area (Å²) in [6.07, 6.45) is 6.93. The smallest absolute Gasteiger partial charge is 0.161 e. The Hall–Kier alpha value is -2.75. The first-order valence-corrected chi connectivity index (χ1v) is 9.24. The van der Waals surface area contributed by atoms with E-state index in [1.54, 1.807) is 6.20 Å². The summed E-state index contributed by atoms with van der Waals surface area (Å²) in [5, 5.41) is 4.48. The third-order valence-electron chi connectivity index (χ3n) is 6.00. The molecule has 0 amide bonds. The van der Waals surface area contributed by atoms with Crippen LogP contribution in [-0.2, 0) is 23.1 Å². The molecule has 3 aromatic rings. The van der Waals surface area contributed by atoms with Crippen molar-refractivity contribution < 1.29 is 4.79 Å². The van der Waals surface area contributed by atoms with Crippen molar-refractivity contribution in [2.75, 3.05) is 11.9 Å². The number of aromatic nitrogens is 2. The number of pyridine rings is 2. The van der Waals surface area contributed by atoms with Gasteiger partial charge in [0.15, 0.2) is 11.4 Å².